The van der Waals surface area contributed by atoms with Gasteiger partial charge in [0.25, 0.3) is 0 Å². The average Bonchev–Trinajstić information content (AvgIpc) is 1.62. The molecule has 4 nitrogen and oxygen atoms in total. The second-order valence-electron chi connectivity index (χ2n) is 1.84. The van der Waals surface area contributed by atoms with E-state index in [9.17, 15) is 9.59 Å². The molecular weight excluding hydrogens is 134 g/mol. The maximum Gasteiger partial charge on any atom is 0.304 e. The first-order chi connectivity index (χ1) is 4.50. The minimum absolute atomic E-state index is 0.0694. The van der Waals surface area contributed by atoms with Gasteiger partial charge in [0.2, 0.25) is 0 Å². The highest BCUT2D eigenvalue weighted by Gasteiger charge is 1.87. The van der Waals surface area contributed by atoms with Crippen LogP contribution in [-0.4, -0.2) is 23.4 Å². The number of aliphatic carboxylic acids is 1. The Bertz CT molecular complexity index is 108. The van der Waals surface area contributed by atoms with Crippen molar-refractivity contribution in [2.24, 2.45) is 5.73 Å². The number of Topliss-reactive ketones (excluding diaryl/α,β-unsaturated/α-hetero) is 1. The van der Waals surface area contributed by atoms with Crippen LogP contribution in [-0.2, 0) is 9.59 Å². The van der Waals surface area contributed by atoms with Gasteiger partial charge in [0.1, 0.15) is 5.78 Å². The van der Waals surface area contributed by atoms with Gasteiger partial charge in [0.15, 0.2) is 0 Å². The normalized spacial score (nSPS) is 7.50. The SMILES string of the molecule is CC(C)=O.NCCC(=O)O. The zero-order valence-corrected chi connectivity index (χ0v) is 6.26. The molecular formula is C6H13NO3. The van der Waals surface area contributed by atoms with Gasteiger partial charge in [0, 0.05) is 6.54 Å². The first kappa shape index (κ1) is 11.8. The molecule has 0 saturated heterocycles. The van der Waals surface area contributed by atoms with Crippen LogP contribution in [0.1, 0.15) is 20.3 Å². The Balaban J connectivity index is 0. The summed E-state index contributed by atoms with van der Waals surface area (Å²) in [4.78, 5) is 19.0. The Labute approximate surface area is 60.0 Å². The van der Waals surface area contributed by atoms with Gasteiger partial charge in [-0.25, -0.2) is 0 Å². The fourth-order valence-electron chi connectivity index (χ4n) is 0.123. The predicted octanol–water partition coefficient (Wildman–Crippen LogP) is 0.0151. The van der Waals surface area contributed by atoms with Crippen LogP contribution in [0.15, 0.2) is 0 Å². The summed E-state index contributed by atoms with van der Waals surface area (Å²) in [6.07, 6.45) is 0.0694. The molecule has 0 aliphatic carbocycles. The number of nitrogens with two attached hydrogens (primary N) is 1. The van der Waals surface area contributed by atoms with E-state index in [1.807, 2.05) is 0 Å². The van der Waals surface area contributed by atoms with E-state index in [0.717, 1.165) is 0 Å². The second kappa shape index (κ2) is 8.10. The van der Waals surface area contributed by atoms with E-state index in [1.54, 1.807) is 0 Å². The maximum atomic E-state index is 9.52. The lowest BCUT2D eigenvalue weighted by molar-refractivity contribution is -0.136. The summed E-state index contributed by atoms with van der Waals surface area (Å²) in [6, 6.07) is 0. The lowest BCUT2D eigenvalue weighted by Crippen LogP contribution is -2.05. The zero-order chi connectivity index (χ0) is 8.57. The Morgan fingerprint density at radius 3 is 1.70 bits per heavy atom. The molecule has 0 amide bonds. The molecule has 0 saturated carbocycles. The number of hydrogen-bond donors (Lipinski definition) is 2. The standard InChI is InChI=1S/C3H7NO2.C3H6O/c4-2-1-3(5)6;1-3(2)4/h1-2,4H2,(H,5,6);1-2H3. The Morgan fingerprint density at radius 1 is 1.40 bits per heavy atom. The molecule has 4 heteroatoms. The van der Waals surface area contributed by atoms with E-state index in [1.165, 1.54) is 13.8 Å². The summed E-state index contributed by atoms with van der Waals surface area (Å²) in [6.45, 7) is 3.29. The lowest BCUT2D eigenvalue weighted by Gasteiger charge is -1.80. The van der Waals surface area contributed by atoms with Gasteiger partial charge in [-0.3, -0.25) is 4.79 Å². The van der Waals surface area contributed by atoms with E-state index in [-0.39, 0.29) is 18.7 Å². The minimum Gasteiger partial charge on any atom is -0.481 e. The minimum atomic E-state index is -0.836. The van der Waals surface area contributed by atoms with Crippen molar-refractivity contribution >= 4 is 11.8 Å². The molecule has 0 atom stereocenters. The number of carboxylic acid groups (broad SMARTS) is 1. The number of carbonyl (C=O) groups excluding carboxylic acids is 1. The molecule has 60 valence electrons. The molecule has 0 radical (unpaired) electrons. The van der Waals surface area contributed by atoms with Crippen LogP contribution in [0.3, 0.4) is 0 Å². The highest BCUT2D eigenvalue weighted by Crippen LogP contribution is 1.67. The number of carbonyl (C=O) groups is 2. The largest absolute Gasteiger partial charge is 0.481 e. The predicted molar refractivity (Wildman–Crippen MR) is 37.7 cm³/mol. The topological polar surface area (TPSA) is 80.4 Å². The van der Waals surface area contributed by atoms with Crippen molar-refractivity contribution in [3.63, 3.8) is 0 Å². The van der Waals surface area contributed by atoms with Crippen LogP contribution in [0.5, 0.6) is 0 Å². The van der Waals surface area contributed by atoms with Gasteiger partial charge >= 0.3 is 5.97 Å². The Kier molecular flexibility index (Phi) is 9.59. The third-order valence-corrected chi connectivity index (χ3v) is 0.358. The average molecular weight is 147 g/mol. The fraction of sp³-hybridized carbons (Fsp3) is 0.667. The third-order valence-electron chi connectivity index (χ3n) is 0.358. The van der Waals surface area contributed by atoms with Crippen molar-refractivity contribution in [2.75, 3.05) is 6.54 Å². The summed E-state index contributed by atoms with van der Waals surface area (Å²) >= 11 is 0. The van der Waals surface area contributed by atoms with Gasteiger partial charge in [-0.15, -0.1) is 0 Å². The highest BCUT2D eigenvalue weighted by molar-refractivity contribution is 5.72. The number of ketones is 1. The molecule has 0 unspecified atom stereocenters. The molecule has 0 aromatic rings. The monoisotopic (exact) mass is 147 g/mol. The number of carboxylic acids is 1. The van der Waals surface area contributed by atoms with E-state index < -0.39 is 5.97 Å². The first-order valence-electron chi connectivity index (χ1n) is 2.89. The summed E-state index contributed by atoms with van der Waals surface area (Å²) in [5.41, 5.74) is 4.85. The lowest BCUT2D eigenvalue weighted by atomic mass is 10.5. The molecule has 0 aliphatic rings. The summed E-state index contributed by atoms with van der Waals surface area (Å²) in [5, 5.41) is 7.83. The summed E-state index contributed by atoms with van der Waals surface area (Å²) in [7, 11) is 0. The Hall–Kier alpha value is -0.900. The van der Waals surface area contributed by atoms with Crippen LogP contribution in [0.4, 0.5) is 0 Å². The van der Waals surface area contributed by atoms with E-state index >= 15 is 0 Å². The molecule has 0 heterocycles. The van der Waals surface area contributed by atoms with Crippen molar-refractivity contribution in [2.45, 2.75) is 20.3 Å². The molecule has 0 rings (SSSR count). The maximum absolute atomic E-state index is 9.52. The Morgan fingerprint density at radius 2 is 1.70 bits per heavy atom. The van der Waals surface area contributed by atoms with Crippen molar-refractivity contribution in [3.8, 4) is 0 Å². The molecule has 0 bridgehead atoms. The van der Waals surface area contributed by atoms with Gasteiger partial charge < -0.3 is 15.6 Å². The highest BCUT2D eigenvalue weighted by atomic mass is 16.4. The van der Waals surface area contributed by atoms with Crippen LogP contribution < -0.4 is 5.73 Å². The van der Waals surface area contributed by atoms with Gasteiger partial charge in [0.05, 0.1) is 6.42 Å². The van der Waals surface area contributed by atoms with Gasteiger partial charge in [-0.1, -0.05) is 0 Å². The van der Waals surface area contributed by atoms with E-state index in [4.69, 9.17) is 10.8 Å². The molecule has 0 aromatic carbocycles. The third kappa shape index (κ3) is 59.9. The first-order valence-corrected chi connectivity index (χ1v) is 2.89. The van der Waals surface area contributed by atoms with Gasteiger partial charge in [-0.2, -0.15) is 0 Å². The van der Waals surface area contributed by atoms with Gasteiger partial charge in [-0.05, 0) is 13.8 Å². The molecule has 0 fully saturated rings. The van der Waals surface area contributed by atoms with Crippen LogP contribution >= 0.6 is 0 Å². The molecule has 10 heavy (non-hydrogen) atoms. The zero-order valence-electron chi connectivity index (χ0n) is 6.26. The van der Waals surface area contributed by atoms with E-state index in [0.29, 0.717) is 0 Å². The number of rotatable bonds is 2. The summed E-state index contributed by atoms with van der Waals surface area (Å²) < 4.78 is 0. The molecule has 0 aliphatic heterocycles. The molecule has 0 spiro atoms. The fourth-order valence-corrected chi connectivity index (χ4v) is 0.123. The van der Waals surface area contributed by atoms with Crippen LogP contribution in [0, 0.1) is 0 Å². The van der Waals surface area contributed by atoms with Crippen molar-refractivity contribution in [1.29, 1.82) is 0 Å². The van der Waals surface area contributed by atoms with Crippen molar-refractivity contribution < 1.29 is 14.7 Å². The van der Waals surface area contributed by atoms with Crippen molar-refractivity contribution in [3.05, 3.63) is 0 Å². The molecule has 0 aromatic heterocycles. The van der Waals surface area contributed by atoms with Crippen LogP contribution in [0.25, 0.3) is 0 Å². The van der Waals surface area contributed by atoms with Crippen LogP contribution in [0.2, 0.25) is 0 Å². The summed E-state index contributed by atoms with van der Waals surface area (Å²) in [5.74, 6) is -0.669. The number of hydrogen-bond acceptors (Lipinski definition) is 3. The van der Waals surface area contributed by atoms with E-state index in [2.05, 4.69) is 0 Å². The molecule has 3 N–H and O–H groups in total. The quantitative estimate of drug-likeness (QED) is 0.576. The smallest absolute Gasteiger partial charge is 0.304 e. The van der Waals surface area contributed by atoms with Crippen molar-refractivity contribution in [1.82, 2.24) is 0 Å². The second-order valence-corrected chi connectivity index (χ2v) is 1.84.